The van der Waals surface area contributed by atoms with E-state index >= 15 is 0 Å². The van der Waals surface area contributed by atoms with Crippen LogP contribution in [0.1, 0.15) is 29.2 Å². The van der Waals surface area contributed by atoms with E-state index < -0.39 is 0 Å². The van der Waals surface area contributed by atoms with Gasteiger partial charge in [0.2, 0.25) is 5.82 Å². The second-order valence-electron chi connectivity index (χ2n) is 5.90. The molecular weight excluding hydrogens is 264 g/mol. The number of H-pyrrole nitrogens is 1. The smallest absolute Gasteiger partial charge is 0.225 e. The molecule has 2 aliphatic carbocycles. The lowest BCUT2D eigenvalue weighted by atomic mass is 10.1. The highest BCUT2D eigenvalue weighted by Gasteiger charge is 2.49. The van der Waals surface area contributed by atoms with Crippen LogP contribution in [0.25, 0.3) is 11.5 Å². The van der Waals surface area contributed by atoms with Crippen molar-refractivity contribution in [2.24, 2.45) is 5.92 Å². The number of hydrogen-bond acceptors (Lipinski definition) is 4. The fraction of sp³-hybridized carbons (Fsp3) is 0.333. The molecule has 0 bridgehead atoms. The van der Waals surface area contributed by atoms with Crippen LogP contribution in [0, 0.1) is 5.92 Å². The molecule has 2 atom stereocenters. The first kappa shape index (κ1) is 11.2. The molecule has 104 valence electrons. The molecule has 2 aliphatic rings. The summed E-state index contributed by atoms with van der Waals surface area (Å²) in [6.07, 6.45) is 2.41. The number of nitrogens with zero attached hydrogens (tertiary/aromatic N) is 5. The number of aromatic amines is 1. The van der Waals surface area contributed by atoms with Gasteiger partial charge in [-0.3, -0.25) is 4.68 Å². The zero-order valence-corrected chi connectivity index (χ0v) is 11.4. The maximum absolute atomic E-state index is 4.78. The van der Waals surface area contributed by atoms with Crippen LogP contribution >= 0.6 is 0 Å². The van der Waals surface area contributed by atoms with Crippen molar-refractivity contribution in [3.63, 3.8) is 0 Å². The van der Waals surface area contributed by atoms with E-state index in [-0.39, 0.29) is 0 Å². The number of aromatic nitrogens is 6. The summed E-state index contributed by atoms with van der Waals surface area (Å²) in [5.41, 5.74) is 4.89. The molecule has 5 rings (SSSR count). The van der Waals surface area contributed by atoms with Gasteiger partial charge in [-0.2, -0.15) is 10.3 Å². The molecule has 6 heteroatoms. The highest BCUT2D eigenvalue weighted by atomic mass is 15.5. The quantitative estimate of drug-likeness (QED) is 0.792. The Balaban J connectivity index is 1.61. The number of benzene rings is 1. The van der Waals surface area contributed by atoms with Crippen molar-refractivity contribution in [2.45, 2.75) is 25.3 Å². The third kappa shape index (κ3) is 1.65. The number of fused-ring (bicyclic) bond motifs is 3. The highest BCUT2D eigenvalue weighted by Crippen LogP contribution is 2.57. The molecule has 2 aromatic heterocycles. The molecule has 3 aromatic rings. The van der Waals surface area contributed by atoms with E-state index in [4.69, 9.17) is 5.10 Å². The molecule has 21 heavy (non-hydrogen) atoms. The van der Waals surface area contributed by atoms with Crippen LogP contribution in [0.5, 0.6) is 0 Å². The van der Waals surface area contributed by atoms with Gasteiger partial charge in [-0.25, -0.2) is 0 Å². The van der Waals surface area contributed by atoms with E-state index in [1.165, 1.54) is 23.2 Å². The molecule has 2 heterocycles. The lowest BCUT2D eigenvalue weighted by Gasteiger charge is -2.06. The molecule has 1 saturated carbocycles. The Kier molecular flexibility index (Phi) is 2.13. The highest BCUT2D eigenvalue weighted by molar-refractivity contribution is 5.59. The van der Waals surface area contributed by atoms with Gasteiger partial charge < -0.3 is 0 Å². The summed E-state index contributed by atoms with van der Waals surface area (Å²) in [7, 11) is 0. The van der Waals surface area contributed by atoms with Crippen LogP contribution in [0.3, 0.4) is 0 Å². The van der Waals surface area contributed by atoms with Crippen molar-refractivity contribution >= 4 is 0 Å². The summed E-state index contributed by atoms with van der Waals surface area (Å²) in [5.74, 6) is 2.11. The third-order valence-electron chi connectivity index (χ3n) is 4.57. The van der Waals surface area contributed by atoms with Gasteiger partial charge in [-0.05, 0) is 29.5 Å². The van der Waals surface area contributed by atoms with Crippen molar-refractivity contribution in [2.75, 3.05) is 0 Å². The lowest BCUT2D eigenvalue weighted by molar-refractivity contribution is 0.645. The molecule has 0 radical (unpaired) electrons. The second-order valence-corrected chi connectivity index (χ2v) is 5.90. The Morgan fingerprint density at radius 1 is 1.24 bits per heavy atom. The number of hydrogen-bond donors (Lipinski definition) is 1. The van der Waals surface area contributed by atoms with Crippen molar-refractivity contribution in [3.05, 3.63) is 47.2 Å². The van der Waals surface area contributed by atoms with Crippen molar-refractivity contribution < 1.29 is 0 Å². The maximum atomic E-state index is 4.78. The van der Waals surface area contributed by atoms with E-state index in [1.807, 2.05) is 6.07 Å². The predicted octanol–water partition coefficient (Wildman–Crippen LogP) is 1.77. The topological polar surface area (TPSA) is 72.3 Å². The average molecular weight is 278 g/mol. The molecule has 1 aromatic carbocycles. The van der Waals surface area contributed by atoms with Gasteiger partial charge in [0.25, 0.3) is 0 Å². The Bertz CT molecular complexity index is 789. The standard InChI is InChI=1S/C15H14N6/c1-2-4-9(5-3-1)8-21-14-11-6-10(11)7-12(14)13(18-21)15-16-19-20-17-15/h1-5,10-11H,6-8H2,(H,16,17,19,20). The summed E-state index contributed by atoms with van der Waals surface area (Å²) in [5, 5.41) is 19.2. The van der Waals surface area contributed by atoms with Crippen LogP contribution in [0.15, 0.2) is 30.3 Å². The molecular formula is C15H14N6. The van der Waals surface area contributed by atoms with Crippen LogP contribution in [-0.4, -0.2) is 30.4 Å². The summed E-state index contributed by atoms with van der Waals surface area (Å²) in [6.45, 7) is 0.810. The van der Waals surface area contributed by atoms with Gasteiger partial charge in [0.1, 0.15) is 5.69 Å². The van der Waals surface area contributed by atoms with Crippen molar-refractivity contribution in [3.8, 4) is 11.5 Å². The van der Waals surface area contributed by atoms with E-state index in [0.717, 1.165) is 24.6 Å². The molecule has 0 amide bonds. The van der Waals surface area contributed by atoms with Crippen LogP contribution in [0.2, 0.25) is 0 Å². The first-order chi connectivity index (χ1) is 10.4. The zero-order chi connectivity index (χ0) is 13.8. The normalized spacial score (nSPS) is 22.1. The van der Waals surface area contributed by atoms with Gasteiger partial charge in [-0.1, -0.05) is 30.3 Å². The van der Waals surface area contributed by atoms with Gasteiger partial charge in [0, 0.05) is 17.2 Å². The van der Waals surface area contributed by atoms with E-state index in [2.05, 4.69) is 49.6 Å². The Labute approximate surface area is 121 Å². The maximum Gasteiger partial charge on any atom is 0.225 e. The Morgan fingerprint density at radius 2 is 2.14 bits per heavy atom. The van der Waals surface area contributed by atoms with Crippen molar-refractivity contribution in [1.82, 2.24) is 30.4 Å². The van der Waals surface area contributed by atoms with Crippen LogP contribution < -0.4 is 0 Å². The lowest BCUT2D eigenvalue weighted by Crippen LogP contribution is -2.05. The molecule has 1 fully saturated rings. The first-order valence-electron chi connectivity index (χ1n) is 7.27. The minimum Gasteiger partial charge on any atom is -0.264 e. The molecule has 0 aliphatic heterocycles. The molecule has 6 nitrogen and oxygen atoms in total. The van der Waals surface area contributed by atoms with E-state index in [0.29, 0.717) is 11.7 Å². The molecule has 0 saturated heterocycles. The molecule has 0 spiro atoms. The van der Waals surface area contributed by atoms with Crippen LogP contribution in [0.4, 0.5) is 0 Å². The fourth-order valence-electron chi connectivity index (χ4n) is 3.52. The van der Waals surface area contributed by atoms with Crippen LogP contribution in [-0.2, 0) is 13.0 Å². The largest absolute Gasteiger partial charge is 0.264 e. The number of rotatable bonds is 3. The second kappa shape index (κ2) is 4.00. The molecule has 2 unspecified atom stereocenters. The fourth-order valence-corrected chi connectivity index (χ4v) is 3.52. The Hall–Kier alpha value is -2.50. The minimum absolute atomic E-state index is 0.611. The van der Waals surface area contributed by atoms with Gasteiger partial charge >= 0.3 is 0 Å². The number of tetrazole rings is 1. The summed E-state index contributed by atoms with van der Waals surface area (Å²) >= 11 is 0. The van der Waals surface area contributed by atoms with Gasteiger partial charge in [0.05, 0.1) is 6.54 Å². The first-order valence-corrected chi connectivity index (χ1v) is 7.27. The average Bonchev–Trinajstić information content (AvgIpc) is 2.92. The van der Waals surface area contributed by atoms with Crippen molar-refractivity contribution in [1.29, 1.82) is 0 Å². The third-order valence-corrected chi connectivity index (χ3v) is 4.57. The summed E-state index contributed by atoms with van der Waals surface area (Å²) < 4.78 is 2.15. The minimum atomic E-state index is 0.611. The van der Waals surface area contributed by atoms with E-state index in [1.54, 1.807) is 0 Å². The predicted molar refractivity (Wildman–Crippen MR) is 75.5 cm³/mol. The summed E-state index contributed by atoms with van der Waals surface area (Å²) in [6, 6.07) is 10.5. The van der Waals surface area contributed by atoms with Gasteiger partial charge in [0.15, 0.2) is 0 Å². The van der Waals surface area contributed by atoms with E-state index in [9.17, 15) is 0 Å². The number of nitrogens with one attached hydrogen (secondary N) is 1. The summed E-state index contributed by atoms with van der Waals surface area (Å²) in [4.78, 5) is 0. The monoisotopic (exact) mass is 278 g/mol. The van der Waals surface area contributed by atoms with Gasteiger partial charge in [-0.15, -0.1) is 10.2 Å². The molecule has 1 N–H and O–H groups in total. The zero-order valence-electron chi connectivity index (χ0n) is 11.4. The Morgan fingerprint density at radius 3 is 2.95 bits per heavy atom. The SMILES string of the molecule is c1ccc(Cn2nc(-c3nn[nH]n3)c3c2C2CC2C3)cc1.